The van der Waals surface area contributed by atoms with Gasteiger partial charge in [0.15, 0.2) is 25.2 Å². The van der Waals surface area contributed by atoms with E-state index >= 15 is 0 Å². The Morgan fingerprint density at radius 1 is 0.485 bits per heavy atom. The van der Waals surface area contributed by atoms with E-state index in [1.165, 1.54) is 6.92 Å². The molecule has 386 valence electrons. The molecule has 0 spiro atoms. The SMILES string of the molecule is CC(O)C(O)C(NC1C=C(CO)C(OC2OC(CO)C(OC3OC(CO)C(OC4OC(CO)C(OC5OC(CO)C(O)C(O)C5O)C(O)C4O)C(O)C3O)C(O)C2O)C(O)C1O)C(O)CO. The third kappa shape index (κ3) is 11.7. The van der Waals surface area contributed by atoms with Gasteiger partial charge in [-0.15, -0.1) is 0 Å². The van der Waals surface area contributed by atoms with E-state index in [0.717, 1.165) is 6.08 Å². The van der Waals surface area contributed by atoms with Crippen molar-refractivity contribution in [3.63, 3.8) is 0 Å². The minimum Gasteiger partial charge on any atom is -0.394 e. The van der Waals surface area contributed by atoms with Gasteiger partial charge in [-0.05, 0) is 12.5 Å². The number of rotatable bonds is 19. The second-order valence-electron chi connectivity index (χ2n) is 16.8. The van der Waals surface area contributed by atoms with Crippen LogP contribution in [-0.2, 0) is 37.9 Å². The van der Waals surface area contributed by atoms with E-state index in [0.29, 0.717) is 0 Å². The van der Waals surface area contributed by atoms with Crippen molar-refractivity contribution in [3.05, 3.63) is 11.6 Å². The predicted octanol–water partition coefficient (Wildman–Crippen LogP) is -13.3. The maximum Gasteiger partial charge on any atom is 0.187 e. The molecule has 21 N–H and O–H groups in total. The van der Waals surface area contributed by atoms with Crippen LogP contribution in [0.4, 0.5) is 0 Å². The van der Waals surface area contributed by atoms with Gasteiger partial charge in [-0.3, -0.25) is 0 Å². The monoisotopic (exact) mass is 971 g/mol. The maximum absolute atomic E-state index is 11.2. The van der Waals surface area contributed by atoms with Crippen molar-refractivity contribution in [1.29, 1.82) is 0 Å². The quantitative estimate of drug-likeness (QED) is 0.0534. The van der Waals surface area contributed by atoms with Crippen molar-refractivity contribution in [2.45, 2.75) is 178 Å². The molecule has 5 rings (SSSR count). The van der Waals surface area contributed by atoms with Crippen LogP contribution in [-0.4, -0.2) is 313 Å². The Morgan fingerprint density at radius 3 is 1.23 bits per heavy atom. The van der Waals surface area contributed by atoms with Gasteiger partial charge in [0.05, 0.1) is 70.0 Å². The van der Waals surface area contributed by atoms with Crippen LogP contribution in [0.25, 0.3) is 0 Å². The standard InChI is InChI=1S/C37H65NO28/c1-9(45)18(47)17(12(46)4-40)38-11-2-10(3-39)30(22(51)19(11)48)63-35-27(56)23(52)32(14(6-42)60-35)65-37-29(58)25(54)33(16(8-44)62-37)66-36-28(57)24(53)31(15(7-43)61-36)64-34-26(55)21(50)20(49)13(5-41)59-34/h2,9,11-58H,3-8H2,1H3. The van der Waals surface area contributed by atoms with Crippen LogP contribution in [0.5, 0.6) is 0 Å². The van der Waals surface area contributed by atoms with Gasteiger partial charge >= 0.3 is 0 Å². The summed E-state index contributed by atoms with van der Waals surface area (Å²) in [4.78, 5) is 0. The van der Waals surface area contributed by atoms with E-state index in [4.69, 9.17) is 37.9 Å². The smallest absolute Gasteiger partial charge is 0.187 e. The van der Waals surface area contributed by atoms with E-state index in [-0.39, 0.29) is 5.57 Å². The van der Waals surface area contributed by atoms with Crippen LogP contribution in [0, 0.1) is 0 Å². The number of aliphatic hydroxyl groups excluding tert-OH is 20. The number of hydrogen-bond acceptors (Lipinski definition) is 29. The van der Waals surface area contributed by atoms with Crippen LogP contribution in [0.15, 0.2) is 11.6 Å². The van der Waals surface area contributed by atoms with Crippen molar-refractivity contribution >= 4 is 0 Å². The van der Waals surface area contributed by atoms with Crippen LogP contribution in [0.1, 0.15) is 6.92 Å². The summed E-state index contributed by atoms with van der Waals surface area (Å²) in [5.41, 5.74) is -0.161. The molecular weight excluding hydrogens is 906 g/mol. The highest BCUT2D eigenvalue weighted by atomic mass is 16.8. The Labute approximate surface area is 375 Å². The molecule has 5 aliphatic rings. The summed E-state index contributed by atoms with van der Waals surface area (Å²) in [7, 11) is 0. The predicted molar refractivity (Wildman–Crippen MR) is 205 cm³/mol. The summed E-state index contributed by atoms with van der Waals surface area (Å²) in [5.74, 6) is 0. The van der Waals surface area contributed by atoms with Gasteiger partial charge in [0.1, 0.15) is 116 Å². The Balaban J connectivity index is 1.23. The van der Waals surface area contributed by atoms with Crippen molar-refractivity contribution < 1.29 is 140 Å². The summed E-state index contributed by atoms with van der Waals surface area (Å²) in [5, 5.41) is 212. The lowest BCUT2D eigenvalue weighted by Gasteiger charge is -2.49. The molecule has 1 aliphatic carbocycles. The van der Waals surface area contributed by atoms with Crippen LogP contribution in [0.2, 0.25) is 0 Å². The van der Waals surface area contributed by atoms with E-state index in [1.54, 1.807) is 0 Å². The normalized spacial score (nSPS) is 47.7. The highest BCUT2D eigenvalue weighted by Gasteiger charge is 2.56. The first-order valence-electron chi connectivity index (χ1n) is 21.1. The molecule has 0 saturated carbocycles. The first-order valence-corrected chi connectivity index (χ1v) is 21.1. The lowest BCUT2D eigenvalue weighted by molar-refractivity contribution is -0.389. The maximum atomic E-state index is 11.2. The molecule has 4 aliphatic heterocycles. The summed E-state index contributed by atoms with van der Waals surface area (Å²) >= 11 is 0. The van der Waals surface area contributed by atoms with Gasteiger partial charge in [0, 0.05) is 0 Å². The molecule has 0 radical (unpaired) electrons. The molecule has 66 heavy (non-hydrogen) atoms. The van der Waals surface area contributed by atoms with Gasteiger partial charge in [0.25, 0.3) is 0 Å². The zero-order chi connectivity index (χ0) is 49.1. The lowest BCUT2D eigenvalue weighted by atomic mass is 9.86. The second kappa shape index (κ2) is 24.1. The average Bonchev–Trinajstić information content (AvgIpc) is 3.30. The van der Waals surface area contributed by atoms with E-state index in [9.17, 15) is 102 Å². The van der Waals surface area contributed by atoms with Gasteiger partial charge in [-0.2, -0.15) is 0 Å². The first-order chi connectivity index (χ1) is 31.2. The summed E-state index contributed by atoms with van der Waals surface area (Å²) in [6.45, 7) is -4.33. The van der Waals surface area contributed by atoms with Gasteiger partial charge < -0.3 is 145 Å². The molecule has 4 heterocycles. The number of ether oxygens (including phenoxy) is 8. The minimum absolute atomic E-state index is 0.161. The summed E-state index contributed by atoms with van der Waals surface area (Å²) in [6, 6.07) is -2.81. The average molecular weight is 972 g/mol. The zero-order valence-electron chi connectivity index (χ0n) is 35.2. The van der Waals surface area contributed by atoms with Gasteiger partial charge in [-0.25, -0.2) is 0 Å². The summed E-state index contributed by atoms with van der Waals surface area (Å²) < 4.78 is 44.6. The third-order valence-corrected chi connectivity index (χ3v) is 12.3. The molecule has 28 atom stereocenters. The second-order valence-corrected chi connectivity index (χ2v) is 16.8. The van der Waals surface area contributed by atoms with E-state index < -0.39 is 211 Å². The molecule has 0 aromatic carbocycles. The lowest BCUT2D eigenvalue weighted by Crippen LogP contribution is -2.67. The molecule has 4 fully saturated rings. The molecular formula is C37H65NO28. The molecule has 29 nitrogen and oxygen atoms in total. The molecule has 0 amide bonds. The van der Waals surface area contributed by atoms with Crippen molar-refractivity contribution in [2.24, 2.45) is 0 Å². The minimum atomic E-state index is -2.16. The molecule has 0 aromatic heterocycles. The van der Waals surface area contributed by atoms with Crippen molar-refractivity contribution in [1.82, 2.24) is 5.32 Å². The van der Waals surface area contributed by atoms with Crippen molar-refractivity contribution in [3.8, 4) is 0 Å². The summed E-state index contributed by atoms with van der Waals surface area (Å²) in [6.07, 6.45) is -46.8. The first kappa shape index (κ1) is 55.5. The van der Waals surface area contributed by atoms with Gasteiger partial charge in [0.2, 0.25) is 0 Å². The van der Waals surface area contributed by atoms with E-state index in [1.807, 2.05) is 0 Å². The molecule has 0 bridgehead atoms. The van der Waals surface area contributed by atoms with Crippen LogP contribution in [0.3, 0.4) is 0 Å². The number of nitrogens with one attached hydrogen (secondary N) is 1. The zero-order valence-corrected chi connectivity index (χ0v) is 35.2. The Kier molecular flexibility index (Phi) is 20.3. The van der Waals surface area contributed by atoms with Crippen LogP contribution < -0.4 is 5.32 Å². The largest absolute Gasteiger partial charge is 0.394 e. The molecule has 28 unspecified atom stereocenters. The molecule has 29 heteroatoms. The van der Waals surface area contributed by atoms with Gasteiger partial charge in [-0.1, -0.05) is 6.08 Å². The fourth-order valence-electron chi connectivity index (χ4n) is 8.35. The Morgan fingerprint density at radius 2 is 0.864 bits per heavy atom. The van der Waals surface area contributed by atoms with E-state index in [2.05, 4.69) is 5.32 Å². The third-order valence-electron chi connectivity index (χ3n) is 12.3. The number of hydrogen-bond donors (Lipinski definition) is 21. The Hall–Kier alpha value is -1.42. The fraction of sp³-hybridized carbons (Fsp3) is 0.946. The molecule has 0 aromatic rings. The number of aliphatic hydroxyl groups is 20. The van der Waals surface area contributed by atoms with Crippen molar-refractivity contribution in [2.75, 3.05) is 39.6 Å². The Bertz CT molecular complexity index is 1500. The molecule has 4 saturated heterocycles. The van der Waals surface area contributed by atoms with Crippen LogP contribution >= 0.6 is 0 Å². The highest BCUT2D eigenvalue weighted by Crippen LogP contribution is 2.36. The highest BCUT2D eigenvalue weighted by molar-refractivity contribution is 5.23. The topological polar surface area (TPSA) is 490 Å². The fourth-order valence-corrected chi connectivity index (χ4v) is 8.35.